The van der Waals surface area contributed by atoms with Crippen molar-refractivity contribution >= 4 is 11.9 Å². The van der Waals surface area contributed by atoms with Gasteiger partial charge in [0.25, 0.3) is 0 Å². The van der Waals surface area contributed by atoms with E-state index >= 15 is 0 Å². The molecule has 1 aromatic heterocycles. The van der Waals surface area contributed by atoms with Crippen LogP contribution in [0, 0.1) is 0 Å². The van der Waals surface area contributed by atoms with Crippen LogP contribution < -0.4 is 5.32 Å². The van der Waals surface area contributed by atoms with Crippen LogP contribution in [0.4, 0.5) is 19.1 Å². The van der Waals surface area contributed by atoms with Crippen LogP contribution in [-0.2, 0) is 11.0 Å². The van der Waals surface area contributed by atoms with Crippen LogP contribution in [0.2, 0.25) is 0 Å². The molecule has 0 bridgehead atoms. The summed E-state index contributed by atoms with van der Waals surface area (Å²) in [5.74, 6) is -0.849. The lowest BCUT2D eigenvalue weighted by molar-refractivity contribution is -0.138. The molecule has 0 spiro atoms. The Balaban J connectivity index is 2.10. The zero-order chi connectivity index (χ0) is 15.5. The first-order valence-electron chi connectivity index (χ1n) is 6.19. The minimum atomic E-state index is -4.44. The number of hydrogen-bond acceptors (Lipinski definition) is 3. The minimum absolute atomic E-state index is 0.0895. The Labute approximate surface area is 118 Å². The van der Waals surface area contributed by atoms with Crippen LogP contribution in [0.15, 0.2) is 30.6 Å². The summed E-state index contributed by atoms with van der Waals surface area (Å²) in [4.78, 5) is 15.5. The fourth-order valence-electron chi connectivity index (χ4n) is 2.02. The zero-order valence-electron chi connectivity index (χ0n) is 11.1. The van der Waals surface area contributed by atoms with Crippen LogP contribution >= 0.6 is 0 Å². The van der Waals surface area contributed by atoms with Gasteiger partial charge in [-0.05, 0) is 17.5 Å². The van der Waals surface area contributed by atoms with Gasteiger partial charge in [0.15, 0.2) is 0 Å². The van der Waals surface area contributed by atoms with E-state index in [-0.39, 0.29) is 17.9 Å². The molecule has 0 saturated heterocycles. The lowest BCUT2D eigenvalue weighted by Crippen LogP contribution is -2.17. The number of H-pyrrole nitrogens is 1. The average Bonchev–Trinajstić information content (AvgIpc) is 2.90. The maximum Gasteiger partial charge on any atom is 0.416 e. The molecule has 0 unspecified atom stereocenters. The first-order chi connectivity index (χ1) is 9.88. The number of rotatable bonds is 4. The molecule has 0 radical (unpaired) electrons. The van der Waals surface area contributed by atoms with Gasteiger partial charge in [0.1, 0.15) is 6.33 Å². The zero-order valence-corrected chi connectivity index (χ0v) is 11.1. The number of nitrogens with zero attached hydrogens (tertiary/aromatic N) is 2. The minimum Gasteiger partial charge on any atom is -0.295 e. The molecule has 0 aliphatic rings. The van der Waals surface area contributed by atoms with Crippen LogP contribution in [0.3, 0.4) is 0 Å². The van der Waals surface area contributed by atoms with E-state index < -0.39 is 23.6 Å². The number of benzene rings is 1. The van der Waals surface area contributed by atoms with Crippen molar-refractivity contribution in [1.82, 2.24) is 15.2 Å². The highest BCUT2D eigenvalue weighted by Crippen LogP contribution is 2.35. The van der Waals surface area contributed by atoms with Crippen molar-refractivity contribution < 1.29 is 18.0 Å². The fraction of sp³-hybridized carbons (Fsp3) is 0.308. The summed E-state index contributed by atoms with van der Waals surface area (Å²) in [6.07, 6.45) is -3.31. The molecule has 0 aliphatic heterocycles. The van der Waals surface area contributed by atoms with Crippen LogP contribution in [-0.4, -0.2) is 21.1 Å². The third-order valence-electron chi connectivity index (χ3n) is 2.96. The predicted octanol–water partition coefficient (Wildman–Crippen LogP) is 2.96. The fourth-order valence-corrected chi connectivity index (χ4v) is 2.02. The maximum absolute atomic E-state index is 12.9. The Morgan fingerprint density at radius 2 is 2.10 bits per heavy atom. The van der Waals surface area contributed by atoms with Crippen molar-refractivity contribution in [1.29, 1.82) is 0 Å². The molecule has 21 heavy (non-hydrogen) atoms. The topological polar surface area (TPSA) is 70.7 Å². The number of amides is 1. The molecule has 5 nitrogen and oxygen atoms in total. The molecule has 2 N–H and O–H groups in total. The van der Waals surface area contributed by atoms with Crippen molar-refractivity contribution in [3.63, 3.8) is 0 Å². The van der Waals surface area contributed by atoms with Gasteiger partial charge in [-0.3, -0.25) is 10.1 Å². The van der Waals surface area contributed by atoms with Gasteiger partial charge < -0.3 is 0 Å². The normalized spacial score (nSPS) is 13.0. The molecule has 0 fully saturated rings. The van der Waals surface area contributed by atoms with E-state index in [9.17, 15) is 18.0 Å². The molecule has 112 valence electrons. The molecular weight excluding hydrogens is 285 g/mol. The Morgan fingerprint density at radius 1 is 1.38 bits per heavy atom. The van der Waals surface area contributed by atoms with Gasteiger partial charge in [0.05, 0.1) is 5.56 Å². The van der Waals surface area contributed by atoms with Gasteiger partial charge in [-0.15, -0.1) is 0 Å². The number of carbonyl (C=O) groups excluding carboxylic acids is 1. The highest BCUT2D eigenvalue weighted by Gasteiger charge is 2.34. The number of halogens is 3. The molecule has 8 heteroatoms. The molecule has 1 aromatic carbocycles. The molecule has 0 saturated carbocycles. The van der Waals surface area contributed by atoms with Gasteiger partial charge in [0, 0.05) is 6.42 Å². The second kappa shape index (κ2) is 5.94. The van der Waals surface area contributed by atoms with E-state index in [2.05, 4.69) is 20.5 Å². The largest absolute Gasteiger partial charge is 0.416 e. The van der Waals surface area contributed by atoms with Crippen molar-refractivity contribution in [2.24, 2.45) is 0 Å². The molecule has 2 aromatic rings. The third kappa shape index (κ3) is 3.80. The molecule has 2 rings (SSSR count). The van der Waals surface area contributed by atoms with Gasteiger partial charge in [0.2, 0.25) is 11.9 Å². The second-order valence-corrected chi connectivity index (χ2v) is 4.57. The summed E-state index contributed by atoms with van der Waals surface area (Å²) in [5.41, 5.74) is -0.623. The molecule has 0 aliphatic carbocycles. The van der Waals surface area contributed by atoms with Crippen molar-refractivity contribution in [3.8, 4) is 0 Å². The highest BCUT2D eigenvalue weighted by atomic mass is 19.4. The predicted molar refractivity (Wildman–Crippen MR) is 69.5 cm³/mol. The van der Waals surface area contributed by atoms with E-state index in [0.29, 0.717) is 0 Å². The smallest absolute Gasteiger partial charge is 0.295 e. The standard InChI is InChI=1S/C13H13F3N4O/c1-8(6-11(21)19-12-17-7-18-20-12)9-4-2-3-5-10(9)13(14,15)16/h2-5,7-8H,6H2,1H3,(H2,17,18,19,20,21)/t8-/m0/s1. The van der Waals surface area contributed by atoms with Crippen molar-refractivity contribution in [2.75, 3.05) is 5.32 Å². The number of aromatic amines is 1. The maximum atomic E-state index is 12.9. The molecule has 1 heterocycles. The van der Waals surface area contributed by atoms with Crippen LogP contribution in [0.5, 0.6) is 0 Å². The summed E-state index contributed by atoms with van der Waals surface area (Å²) in [6, 6.07) is 5.25. The van der Waals surface area contributed by atoms with E-state index in [1.165, 1.54) is 24.5 Å². The van der Waals surface area contributed by atoms with Gasteiger partial charge >= 0.3 is 6.18 Å². The quantitative estimate of drug-likeness (QED) is 0.911. The summed E-state index contributed by atoms with van der Waals surface area (Å²) in [7, 11) is 0. The van der Waals surface area contributed by atoms with Gasteiger partial charge in [-0.1, -0.05) is 25.1 Å². The third-order valence-corrected chi connectivity index (χ3v) is 2.96. The number of carbonyl (C=O) groups is 1. The molecule has 1 amide bonds. The Hall–Kier alpha value is -2.38. The number of anilines is 1. The summed E-state index contributed by atoms with van der Waals surface area (Å²) in [6.45, 7) is 1.57. The molecule has 1 atom stereocenters. The SMILES string of the molecule is C[C@@H](CC(=O)Nc1ncn[nH]1)c1ccccc1C(F)(F)F. The lowest BCUT2D eigenvalue weighted by Gasteiger charge is -2.17. The van der Waals surface area contributed by atoms with Crippen molar-refractivity contribution in [2.45, 2.75) is 25.4 Å². The second-order valence-electron chi connectivity index (χ2n) is 4.57. The summed E-state index contributed by atoms with van der Waals surface area (Å²) < 4.78 is 38.8. The number of nitrogens with one attached hydrogen (secondary N) is 2. The molecular formula is C13H13F3N4O. The first kappa shape index (κ1) is 15.0. The Kier molecular flexibility index (Phi) is 4.25. The van der Waals surface area contributed by atoms with E-state index in [4.69, 9.17) is 0 Å². The van der Waals surface area contributed by atoms with E-state index in [0.717, 1.165) is 6.07 Å². The number of aromatic nitrogens is 3. The average molecular weight is 298 g/mol. The van der Waals surface area contributed by atoms with Gasteiger partial charge in [-0.2, -0.15) is 23.3 Å². The van der Waals surface area contributed by atoms with E-state index in [1.54, 1.807) is 6.92 Å². The van der Waals surface area contributed by atoms with E-state index in [1.807, 2.05) is 0 Å². The monoisotopic (exact) mass is 298 g/mol. The lowest BCUT2D eigenvalue weighted by atomic mass is 9.92. The van der Waals surface area contributed by atoms with Crippen LogP contribution in [0.1, 0.15) is 30.4 Å². The Bertz CT molecular complexity index is 610. The summed E-state index contributed by atoms with van der Waals surface area (Å²) >= 11 is 0. The van der Waals surface area contributed by atoms with Crippen molar-refractivity contribution in [3.05, 3.63) is 41.7 Å². The van der Waals surface area contributed by atoms with Gasteiger partial charge in [-0.25, -0.2) is 5.10 Å². The number of alkyl halides is 3. The first-order valence-corrected chi connectivity index (χ1v) is 6.19. The number of hydrogen-bond donors (Lipinski definition) is 2. The summed E-state index contributed by atoms with van der Waals surface area (Å²) in [5, 5.41) is 8.43. The Morgan fingerprint density at radius 3 is 2.71 bits per heavy atom. The highest BCUT2D eigenvalue weighted by molar-refractivity contribution is 5.89. The van der Waals surface area contributed by atoms with Crippen LogP contribution in [0.25, 0.3) is 0 Å².